The highest BCUT2D eigenvalue weighted by atomic mass is 35.5. The molecule has 1 fully saturated rings. The molecule has 1 aliphatic rings. The van der Waals surface area contributed by atoms with Gasteiger partial charge in [0.2, 0.25) is 0 Å². The van der Waals surface area contributed by atoms with E-state index in [0.717, 1.165) is 43.2 Å². The van der Waals surface area contributed by atoms with Gasteiger partial charge in [-0.2, -0.15) is 0 Å². The maximum atomic E-state index is 10.5. The lowest BCUT2D eigenvalue weighted by Gasteiger charge is -2.37. The van der Waals surface area contributed by atoms with Gasteiger partial charge in [0.05, 0.1) is 18.4 Å². The van der Waals surface area contributed by atoms with E-state index in [1.807, 2.05) is 49.4 Å². The number of β-amino-alcohol motifs (C(OH)–C–C–N with tert-alkyl or cyclic N) is 1. The van der Waals surface area contributed by atoms with Crippen LogP contribution < -0.4 is 9.64 Å². The van der Waals surface area contributed by atoms with Crippen LogP contribution in [0.4, 0.5) is 5.69 Å². The largest absolute Gasteiger partial charge is 0.492 e. The van der Waals surface area contributed by atoms with Crippen LogP contribution in [0.25, 0.3) is 0 Å². The van der Waals surface area contributed by atoms with Gasteiger partial charge >= 0.3 is 0 Å². The summed E-state index contributed by atoms with van der Waals surface area (Å²) in [4.78, 5) is 4.65. The van der Waals surface area contributed by atoms with Crippen LogP contribution in [-0.4, -0.2) is 49.3 Å². The molecule has 1 aliphatic heterocycles. The molecule has 0 aromatic heterocycles. The second-order valence-corrected chi connectivity index (χ2v) is 6.70. The molecule has 0 bridgehead atoms. The quantitative estimate of drug-likeness (QED) is 0.854. The molecule has 1 atom stereocenters. The monoisotopic (exact) mass is 360 g/mol. The first-order valence-corrected chi connectivity index (χ1v) is 9.18. The predicted molar refractivity (Wildman–Crippen MR) is 103 cm³/mol. The van der Waals surface area contributed by atoms with Crippen LogP contribution >= 0.6 is 11.6 Å². The number of nitrogens with zero attached hydrogens (tertiary/aromatic N) is 2. The Labute approximate surface area is 154 Å². The minimum atomic E-state index is -0.513. The molecule has 0 saturated carbocycles. The van der Waals surface area contributed by atoms with E-state index in [0.29, 0.717) is 18.2 Å². The lowest BCUT2D eigenvalue weighted by Crippen LogP contribution is -2.47. The number of para-hydroxylation sites is 2. The second-order valence-electron chi connectivity index (χ2n) is 6.26. The lowest BCUT2D eigenvalue weighted by atomic mass is 10.1. The van der Waals surface area contributed by atoms with Gasteiger partial charge < -0.3 is 14.7 Å². The number of hydrogen-bond donors (Lipinski definition) is 1. The van der Waals surface area contributed by atoms with Gasteiger partial charge in [-0.05, 0) is 36.8 Å². The topological polar surface area (TPSA) is 35.9 Å². The summed E-state index contributed by atoms with van der Waals surface area (Å²) in [6.07, 6.45) is -0.513. The van der Waals surface area contributed by atoms with Crippen molar-refractivity contribution >= 4 is 17.3 Å². The summed E-state index contributed by atoms with van der Waals surface area (Å²) >= 11 is 6.02. The van der Waals surface area contributed by atoms with Gasteiger partial charge in [-0.15, -0.1) is 0 Å². The summed E-state index contributed by atoms with van der Waals surface area (Å²) in [5, 5.41) is 11.1. The molecular weight excluding hydrogens is 336 g/mol. The van der Waals surface area contributed by atoms with Crippen molar-refractivity contribution in [3.63, 3.8) is 0 Å². The van der Waals surface area contributed by atoms with Gasteiger partial charge in [0.15, 0.2) is 0 Å². The van der Waals surface area contributed by atoms with E-state index in [1.54, 1.807) is 0 Å². The average Bonchev–Trinajstić information content (AvgIpc) is 2.63. The molecule has 1 saturated heterocycles. The van der Waals surface area contributed by atoms with Crippen molar-refractivity contribution in [2.45, 2.75) is 13.0 Å². The molecule has 2 aromatic carbocycles. The van der Waals surface area contributed by atoms with Gasteiger partial charge in [0.25, 0.3) is 0 Å². The van der Waals surface area contributed by atoms with Crippen LogP contribution in [0.5, 0.6) is 5.75 Å². The number of ether oxygens (including phenoxy) is 1. The Morgan fingerprint density at radius 2 is 1.84 bits per heavy atom. The fraction of sp³-hybridized carbons (Fsp3) is 0.400. The van der Waals surface area contributed by atoms with Gasteiger partial charge in [0, 0.05) is 37.7 Å². The molecule has 3 rings (SSSR count). The minimum Gasteiger partial charge on any atom is -0.492 e. The molecule has 0 amide bonds. The molecule has 5 heteroatoms. The Balaban J connectivity index is 1.57. The zero-order valence-electron chi connectivity index (χ0n) is 14.6. The van der Waals surface area contributed by atoms with Crippen molar-refractivity contribution in [2.75, 3.05) is 44.2 Å². The summed E-state index contributed by atoms with van der Waals surface area (Å²) in [7, 11) is 0. The molecule has 4 nitrogen and oxygen atoms in total. The van der Waals surface area contributed by atoms with Crippen LogP contribution in [0.2, 0.25) is 5.02 Å². The number of benzene rings is 2. The van der Waals surface area contributed by atoms with E-state index >= 15 is 0 Å². The number of piperazine rings is 1. The van der Waals surface area contributed by atoms with E-state index < -0.39 is 6.10 Å². The predicted octanol–water partition coefficient (Wildman–Crippen LogP) is 3.59. The Hall–Kier alpha value is -1.75. The molecular formula is C20H25ClN2O2. The SMILES string of the molecule is CCOc1ccccc1N1CCN(CC(O)c2cccc(Cl)c2)CC1. The first-order valence-electron chi connectivity index (χ1n) is 8.80. The zero-order valence-corrected chi connectivity index (χ0v) is 15.3. The number of hydrogen-bond acceptors (Lipinski definition) is 4. The fourth-order valence-corrected chi connectivity index (χ4v) is 3.43. The van der Waals surface area contributed by atoms with Crippen molar-refractivity contribution < 1.29 is 9.84 Å². The maximum Gasteiger partial charge on any atom is 0.142 e. The third-order valence-corrected chi connectivity index (χ3v) is 4.78. The lowest BCUT2D eigenvalue weighted by molar-refractivity contribution is 0.109. The number of rotatable bonds is 6. The highest BCUT2D eigenvalue weighted by Gasteiger charge is 2.21. The van der Waals surface area contributed by atoms with E-state index in [4.69, 9.17) is 16.3 Å². The molecule has 134 valence electrons. The molecule has 1 unspecified atom stereocenters. The summed E-state index contributed by atoms with van der Waals surface area (Å²) < 4.78 is 5.74. The highest BCUT2D eigenvalue weighted by Crippen LogP contribution is 2.29. The number of halogens is 1. The van der Waals surface area contributed by atoms with Crippen LogP contribution in [0.1, 0.15) is 18.6 Å². The summed E-state index contributed by atoms with van der Waals surface area (Å²) in [6, 6.07) is 15.6. The zero-order chi connectivity index (χ0) is 17.6. The van der Waals surface area contributed by atoms with E-state index in [9.17, 15) is 5.11 Å². The average molecular weight is 361 g/mol. The number of aliphatic hydroxyl groups excluding tert-OH is 1. The molecule has 0 radical (unpaired) electrons. The molecule has 25 heavy (non-hydrogen) atoms. The molecule has 0 aliphatic carbocycles. The second kappa shape index (κ2) is 8.56. The Bertz CT molecular complexity index is 687. The Morgan fingerprint density at radius 1 is 1.08 bits per heavy atom. The molecule has 1 N–H and O–H groups in total. The molecule has 1 heterocycles. The molecule has 0 spiro atoms. The van der Waals surface area contributed by atoms with Crippen molar-refractivity contribution in [3.05, 3.63) is 59.1 Å². The summed E-state index contributed by atoms with van der Waals surface area (Å²) in [5.74, 6) is 0.942. The minimum absolute atomic E-state index is 0.513. The van der Waals surface area contributed by atoms with Crippen LogP contribution in [-0.2, 0) is 0 Å². The van der Waals surface area contributed by atoms with Crippen molar-refractivity contribution in [1.29, 1.82) is 0 Å². The van der Waals surface area contributed by atoms with Crippen molar-refractivity contribution in [3.8, 4) is 5.75 Å². The summed E-state index contributed by atoms with van der Waals surface area (Å²) in [5.41, 5.74) is 2.02. The third-order valence-electron chi connectivity index (χ3n) is 4.54. The van der Waals surface area contributed by atoms with Gasteiger partial charge in [-0.25, -0.2) is 0 Å². The highest BCUT2D eigenvalue weighted by molar-refractivity contribution is 6.30. The van der Waals surface area contributed by atoms with E-state index in [1.165, 1.54) is 0 Å². The molecule has 2 aromatic rings. The first-order chi connectivity index (χ1) is 12.2. The van der Waals surface area contributed by atoms with Gasteiger partial charge in [-0.3, -0.25) is 4.90 Å². The number of anilines is 1. The fourth-order valence-electron chi connectivity index (χ4n) is 3.23. The normalized spacial score (nSPS) is 16.7. The van der Waals surface area contributed by atoms with Crippen LogP contribution in [0.15, 0.2) is 48.5 Å². The first kappa shape index (κ1) is 18.1. The van der Waals surface area contributed by atoms with E-state index in [2.05, 4.69) is 15.9 Å². The van der Waals surface area contributed by atoms with Crippen molar-refractivity contribution in [2.24, 2.45) is 0 Å². The van der Waals surface area contributed by atoms with E-state index in [-0.39, 0.29) is 0 Å². The standard InChI is InChI=1S/C20H25ClN2O2/c1-2-25-20-9-4-3-8-18(20)23-12-10-22(11-13-23)15-19(24)16-6-5-7-17(21)14-16/h3-9,14,19,24H,2,10-13,15H2,1H3. The Morgan fingerprint density at radius 3 is 2.56 bits per heavy atom. The smallest absolute Gasteiger partial charge is 0.142 e. The third kappa shape index (κ3) is 4.66. The number of aliphatic hydroxyl groups is 1. The summed E-state index contributed by atoms with van der Waals surface area (Å²) in [6.45, 7) is 6.98. The van der Waals surface area contributed by atoms with Gasteiger partial charge in [-0.1, -0.05) is 35.9 Å². The van der Waals surface area contributed by atoms with Crippen molar-refractivity contribution in [1.82, 2.24) is 4.90 Å². The van der Waals surface area contributed by atoms with Gasteiger partial charge in [0.1, 0.15) is 5.75 Å². The maximum absolute atomic E-state index is 10.5. The van der Waals surface area contributed by atoms with Crippen LogP contribution in [0, 0.1) is 0 Å². The van der Waals surface area contributed by atoms with Crippen LogP contribution in [0.3, 0.4) is 0 Å². The Kier molecular flexibility index (Phi) is 6.19.